The molecule has 156 valence electrons. The number of nitrogens with one attached hydrogen (secondary N) is 1. The van der Waals surface area contributed by atoms with Crippen LogP contribution in [0.2, 0.25) is 5.02 Å². The van der Waals surface area contributed by atoms with Crippen LogP contribution >= 0.6 is 11.6 Å². The molecule has 1 N–H and O–H groups in total. The summed E-state index contributed by atoms with van der Waals surface area (Å²) < 4.78 is 0. The van der Waals surface area contributed by atoms with E-state index in [2.05, 4.69) is 5.32 Å². The first kappa shape index (κ1) is 20.4. The zero-order valence-corrected chi connectivity index (χ0v) is 17.5. The van der Waals surface area contributed by atoms with Crippen LogP contribution in [0.15, 0.2) is 42.5 Å². The van der Waals surface area contributed by atoms with Gasteiger partial charge in [0.2, 0.25) is 11.8 Å². The van der Waals surface area contributed by atoms with Crippen molar-refractivity contribution in [3.63, 3.8) is 0 Å². The third kappa shape index (κ3) is 4.49. The number of benzene rings is 2. The number of halogens is 1. The summed E-state index contributed by atoms with van der Waals surface area (Å²) >= 11 is 6.13. The highest BCUT2D eigenvalue weighted by Crippen LogP contribution is 2.29. The van der Waals surface area contributed by atoms with Gasteiger partial charge in [-0.05, 0) is 55.2 Å². The van der Waals surface area contributed by atoms with E-state index in [1.165, 1.54) is 0 Å². The number of likely N-dealkylation sites (tertiary alicyclic amines) is 1. The lowest BCUT2D eigenvalue weighted by Crippen LogP contribution is -2.34. The lowest BCUT2D eigenvalue weighted by molar-refractivity contribution is -0.133. The highest BCUT2D eigenvalue weighted by atomic mass is 35.5. The zero-order chi connectivity index (χ0) is 21.1. The number of carbonyl (C=O) groups is 3. The van der Waals surface area contributed by atoms with E-state index in [0.717, 1.165) is 31.4 Å². The van der Waals surface area contributed by atoms with E-state index in [-0.39, 0.29) is 17.7 Å². The summed E-state index contributed by atoms with van der Waals surface area (Å²) in [5.41, 5.74) is 2.56. The summed E-state index contributed by atoms with van der Waals surface area (Å²) in [5, 5.41) is 3.40. The minimum absolute atomic E-state index is 0.000451. The van der Waals surface area contributed by atoms with E-state index < -0.39 is 0 Å². The molecule has 3 amide bonds. The molecule has 0 aliphatic carbocycles. The van der Waals surface area contributed by atoms with Crippen LogP contribution < -0.4 is 10.2 Å². The Hall–Kier alpha value is -2.86. The van der Waals surface area contributed by atoms with Gasteiger partial charge < -0.3 is 15.1 Å². The average Bonchev–Trinajstić information content (AvgIpc) is 3.15. The Bertz CT molecular complexity index is 991. The fraction of sp³-hybridized carbons (Fsp3) is 0.348. The normalized spacial score (nSPS) is 16.8. The Balaban J connectivity index is 1.52. The second kappa shape index (κ2) is 8.88. The second-order valence-corrected chi connectivity index (χ2v) is 8.17. The third-order valence-electron chi connectivity index (χ3n) is 5.55. The van der Waals surface area contributed by atoms with Gasteiger partial charge in [-0.2, -0.15) is 0 Å². The largest absolute Gasteiger partial charge is 0.338 e. The summed E-state index contributed by atoms with van der Waals surface area (Å²) in [6.07, 6.45) is 3.82. The monoisotopic (exact) mass is 425 g/mol. The van der Waals surface area contributed by atoms with Gasteiger partial charge in [-0.1, -0.05) is 23.7 Å². The van der Waals surface area contributed by atoms with Crippen LogP contribution in [0.3, 0.4) is 0 Å². The van der Waals surface area contributed by atoms with Crippen molar-refractivity contribution in [1.29, 1.82) is 0 Å². The number of anilines is 2. The van der Waals surface area contributed by atoms with Crippen LogP contribution in [0.25, 0.3) is 0 Å². The molecule has 0 unspecified atom stereocenters. The van der Waals surface area contributed by atoms with E-state index in [1.54, 1.807) is 23.1 Å². The summed E-state index contributed by atoms with van der Waals surface area (Å²) in [6.45, 7) is 1.89. The maximum atomic E-state index is 13.0. The molecule has 0 spiro atoms. The number of hydrogen-bond donors (Lipinski definition) is 1. The van der Waals surface area contributed by atoms with Gasteiger partial charge in [0.05, 0.1) is 11.3 Å². The van der Waals surface area contributed by atoms with Gasteiger partial charge in [0, 0.05) is 43.2 Å². The van der Waals surface area contributed by atoms with Crippen LogP contribution in [0, 0.1) is 0 Å². The SMILES string of the molecule is O=C(Nc1cccc(CN2CCCCC2=O)c1)c1ccc(Cl)cc1N1CCCC1=O. The summed E-state index contributed by atoms with van der Waals surface area (Å²) in [7, 11) is 0. The minimum Gasteiger partial charge on any atom is -0.338 e. The van der Waals surface area contributed by atoms with Gasteiger partial charge in [0.15, 0.2) is 0 Å². The second-order valence-electron chi connectivity index (χ2n) is 7.74. The minimum atomic E-state index is -0.299. The van der Waals surface area contributed by atoms with Crippen LogP contribution in [0.5, 0.6) is 0 Å². The predicted octanol–water partition coefficient (Wildman–Crippen LogP) is 4.23. The number of amides is 3. The summed E-state index contributed by atoms with van der Waals surface area (Å²) in [4.78, 5) is 40.8. The molecule has 6 nitrogen and oxygen atoms in total. The topological polar surface area (TPSA) is 69.7 Å². The molecule has 2 aliphatic rings. The van der Waals surface area contributed by atoms with E-state index in [1.807, 2.05) is 29.2 Å². The fourth-order valence-corrected chi connectivity index (χ4v) is 4.18. The molecule has 0 atom stereocenters. The Morgan fingerprint density at radius 3 is 2.57 bits per heavy atom. The fourth-order valence-electron chi connectivity index (χ4n) is 4.02. The Kier molecular flexibility index (Phi) is 6.04. The maximum Gasteiger partial charge on any atom is 0.257 e. The molecule has 2 heterocycles. The van der Waals surface area contributed by atoms with E-state index in [0.29, 0.717) is 47.9 Å². The van der Waals surface area contributed by atoms with Crippen molar-refractivity contribution >= 4 is 40.7 Å². The van der Waals surface area contributed by atoms with Crippen molar-refractivity contribution in [1.82, 2.24) is 4.90 Å². The molecule has 2 aromatic carbocycles. The smallest absolute Gasteiger partial charge is 0.257 e. The summed E-state index contributed by atoms with van der Waals surface area (Å²) in [5.74, 6) is -0.121. The van der Waals surface area contributed by atoms with E-state index in [4.69, 9.17) is 11.6 Å². The molecule has 2 fully saturated rings. The average molecular weight is 426 g/mol. The Labute approximate surface area is 180 Å². The van der Waals surface area contributed by atoms with E-state index >= 15 is 0 Å². The predicted molar refractivity (Wildman–Crippen MR) is 117 cm³/mol. The number of rotatable bonds is 5. The Morgan fingerprint density at radius 2 is 1.80 bits per heavy atom. The third-order valence-corrected chi connectivity index (χ3v) is 5.78. The number of hydrogen-bond acceptors (Lipinski definition) is 3. The van der Waals surface area contributed by atoms with Crippen molar-refractivity contribution in [2.24, 2.45) is 0 Å². The first-order valence-corrected chi connectivity index (χ1v) is 10.7. The van der Waals surface area contributed by atoms with Gasteiger partial charge in [0.25, 0.3) is 5.91 Å². The van der Waals surface area contributed by atoms with Crippen LogP contribution in [-0.4, -0.2) is 35.7 Å². The van der Waals surface area contributed by atoms with Gasteiger partial charge in [-0.15, -0.1) is 0 Å². The number of nitrogens with zero attached hydrogens (tertiary/aromatic N) is 2. The Morgan fingerprint density at radius 1 is 0.967 bits per heavy atom. The molecular formula is C23H24ClN3O3. The van der Waals surface area contributed by atoms with Gasteiger partial charge in [0.1, 0.15) is 0 Å². The molecule has 0 radical (unpaired) electrons. The van der Waals surface area contributed by atoms with Gasteiger partial charge >= 0.3 is 0 Å². The highest BCUT2D eigenvalue weighted by Gasteiger charge is 2.26. The molecule has 4 rings (SSSR count). The van der Waals surface area contributed by atoms with Crippen LogP contribution in [0.4, 0.5) is 11.4 Å². The molecule has 0 aromatic heterocycles. The lowest BCUT2D eigenvalue weighted by atomic mass is 10.1. The van der Waals surface area contributed by atoms with Crippen molar-refractivity contribution in [3.05, 3.63) is 58.6 Å². The molecule has 7 heteroatoms. The first-order chi connectivity index (χ1) is 14.5. The van der Waals surface area contributed by atoms with Crippen molar-refractivity contribution < 1.29 is 14.4 Å². The quantitative estimate of drug-likeness (QED) is 0.779. The van der Waals surface area contributed by atoms with Gasteiger partial charge in [-0.25, -0.2) is 0 Å². The molecule has 30 heavy (non-hydrogen) atoms. The molecule has 2 aliphatic heterocycles. The standard InChI is InChI=1S/C23H24ClN3O3/c24-17-9-10-19(20(14-17)27-12-4-8-22(27)29)23(30)25-18-6-3-5-16(13-18)15-26-11-2-1-7-21(26)28/h3,5-6,9-10,13-14H,1-2,4,7-8,11-12,15H2,(H,25,30). The number of piperidine rings is 1. The molecule has 2 saturated heterocycles. The van der Waals surface area contributed by atoms with E-state index in [9.17, 15) is 14.4 Å². The summed E-state index contributed by atoms with van der Waals surface area (Å²) in [6, 6.07) is 12.5. The highest BCUT2D eigenvalue weighted by molar-refractivity contribution is 6.31. The molecule has 0 saturated carbocycles. The van der Waals surface area contributed by atoms with Crippen molar-refractivity contribution in [2.75, 3.05) is 23.3 Å². The lowest BCUT2D eigenvalue weighted by Gasteiger charge is -2.27. The van der Waals surface area contributed by atoms with Crippen molar-refractivity contribution in [2.45, 2.75) is 38.6 Å². The molecule has 2 aromatic rings. The zero-order valence-electron chi connectivity index (χ0n) is 16.7. The van der Waals surface area contributed by atoms with Gasteiger partial charge in [-0.3, -0.25) is 14.4 Å². The number of carbonyl (C=O) groups excluding carboxylic acids is 3. The molecule has 0 bridgehead atoms. The van der Waals surface area contributed by atoms with Crippen LogP contribution in [-0.2, 0) is 16.1 Å². The molecular weight excluding hydrogens is 402 g/mol. The maximum absolute atomic E-state index is 13.0. The first-order valence-electron chi connectivity index (χ1n) is 10.3. The van der Waals surface area contributed by atoms with Crippen molar-refractivity contribution in [3.8, 4) is 0 Å². The van der Waals surface area contributed by atoms with Crippen LogP contribution in [0.1, 0.15) is 48.0 Å².